The molecule has 140 valence electrons. The maximum Gasteiger partial charge on any atom is 0.227 e. The Kier molecular flexibility index (Phi) is 5.19. The second kappa shape index (κ2) is 7.23. The van der Waals surface area contributed by atoms with Crippen molar-refractivity contribution >= 4 is 5.91 Å². The van der Waals surface area contributed by atoms with Crippen molar-refractivity contribution in [2.45, 2.75) is 46.3 Å². The number of carbonyl (C=O) groups excluding carboxylic acids is 1. The first kappa shape index (κ1) is 18.6. The molecular formula is C21H29N3O2. The van der Waals surface area contributed by atoms with Gasteiger partial charge >= 0.3 is 0 Å². The number of morpholine rings is 1. The van der Waals surface area contributed by atoms with Crippen LogP contribution in [0, 0.1) is 12.3 Å². The minimum atomic E-state index is -0.0897. The number of aryl methyl sites for hydroxylation is 2. The molecule has 1 aliphatic heterocycles. The van der Waals surface area contributed by atoms with Gasteiger partial charge in [0.05, 0.1) is 24.8 Å². The van der Waals surface area contributed by atoms with Crippen molar-refractivity contribution in [3.05, 3.63) is 53.3 Å². The maximum atomic E-state index is 13.0. The van der Waals surface area contributed by atoms with Gasteiger partial charge in [-0.25, -0.2) is 0 Å². The van der Waals surface area contributed by atoms with E-state index >= 15 is 0 Å². The largest absolute Gasteiger partial charge is 0.366 e. The van der Waals surface area contributed by atoms with Gasteiger partial charge in [-0.3, -0.25) is 9.48 Å². The summed E-state index contributed by atoms with van der Waals surface area (Å²) in [5.41, 5.74) is 3.00. The molecule has 1 saturated heterocycles. The highest BCUT2D eigenvalue weighted by molar-refractivity contribution is 5.79. The minimum Gasteiger partial charge on any atom is -0.366 e. The zero-order valence-electron chi connectivity index (χ0n) is 16.4. The molecule has 5 nitrogen and oxygen atoms in total. The third-order valence-electron chi connectivity index (χ3n) is 5.05. The van der Waals surface area contributed by atoms with E-state index in [1.54, 1.807) is 4.68 Å². The quantitative estimate of drug-likeness (QED) is 0.849. The summed E-state index contributed by atoms with van der Waals surface area (Å²) in [4.78, 5) is 15.0. The topological polar surface area (TPSA) is 47.4 Å². The van der Waals surface area contributed by atoms with Crippen LogP contribution in [0.25, 0.3) is 0 Å². The van der Waals surface area contributed by atoms with Gasteiger partial charge in [0.2, 0.25) is 5.91 Å². The van der Waals surface area contributed by atoms with E-state index in [0.717, 1.165) is 16.8 Å². The van der Waals surface area contributed by atoms with Crippen molar-refractivity contribution < 1.29 is 9.53 Å². The molecule has 2 heterocycles. The van der Waals surface area contributed by atoms with Crippen LogP contribution in [0.2, 0.25) is 0 Å². The number of hydrogen-bond acceptors (Lipinski definition) is 3. The molecule has 1 fully saturated rings. The Morgan fingerprint density at radius 1 is 1.23 bits per heavy atom. The van der Waals surface area contributed by atoms with Crippen LogP contribution in [0.4, 0.5) is 0 Å². The molecule has 0 bridgehead atoms. The van der Waals surface area contributed by atoms with Crippen LogP contribution < -0.4 is 0 Å². The highest BCUT2D eigenvalue weighted by Gasteiger charge is 2.37. The van der Waals surface area contributed by atoms with Crippen LogP contribution in [0.5, 0.6) is 0 Å². The van der Waals surface area contributed by atoms with Crippen LogP contribution in [0.1, 0.15) is 43.7 Å². The summed E-state index contributed by atoms with van der Waals surface area (Å²) in [5, 5.41) is 4.35. The second-order valence-corrected chi connectivity index (χ2v) is 8.28. The lowest BCUT2D eigenvalue weighted by atomic mass is 9.87. The van der Waals surface area contributed by atoms with Crippen molar-refractivity contribution in [1.82, 2.24) is 14.7 Å². The van der Waals surface area contributed by atoms with Crippen LogP contribution in [-0.4, -0.2) is 39.8 Å². The molecule has 2 atom stereocenters. The van der Waals surface area contributed by atoms with E-state index in [4.69, 9.17) is 4.74 Å². The molecule has 0 saturated carbocycles. The van der Waals surface area contributed by atoms with E-state index in [1.807, 2.05) is 43.3 Å². The van der Waals surface area contributed by atoms with E-state index in [-0.39, 0.29) is 23.5 Å². The number of nitrogens with zero attached hydrogens (tertiary/aromatic N) is 3. The highest BCUT2D eigenvalue weighted by atomic mass is 16.5. The van der Waals surface area contributed by atoms with E-state index in [9.17, 15) is 4.79 Å². The molecule has 5 heteroatoms. The van der Waals surface area contributed by atoms with Gasteiger partial charge in [0, 0.05) is 25.4 Å². The smallest absolute Gasteiger partial charge is 0.227 e. The molecule has 0 radical (unpaired) electrons. The average molecular weight is 355 g/mol. The molecule has 1 aliphatic rings. The van der Waals surface area contributed by atoms with Crippen LogP contribution in [0.3, 0.4) is 0 Å². The SMILES string of the molecule is Cc1nn(C)cc1CC(=O)N1C[C@@H](c2ccccc2)O[C@@H](C(C)(C)C)C1. The van der Waals surface area contributed by atoms with Crippen molar-refractivity contribution in [3.63, 3.8) is 0 Å². The molecule has 0 unspecified atom stereocenters. The predicted molar refractivity (Wildman–Crippen MR) is 102 cm³/mol. The molecule has 0 spiro atoms. The summed E-state index contributed by atoms with van der Waals surface area (Å²) in [6.07, 6.45) is 2.23. The Balaban J connectivity index is 1.80. The Labute approximate surface area is 156 Å². The van der Waals surface area contributed by atoms with E-state index in [0.29, 0.717) is 19.5 Å². The number of benzene rings is 1. The average Bonchev–Trinajstić information content (AvgIpc) is 2.91. The van der Waals surface area contributed by atoms with Crippen LogP contribution in [-0.2, 0) is 23.0 Å². The van der Waals surface area contributed by atoms with Crippen molar-refractivity contribution in [2.75, 3.05) is 13.1 Å². The molecular weight excluding hydrogens is 326 g/mol. The van der Waals surface area contributed by atoms with Gasteiger partial charge in [-0.1, -0.05) is 51.1 Å². The minimum absolute atomic E-state index is 0.000372. The van der Waals surface area contributed by atoms with Gasteiger partial charge < -0.3 is 9.64 Å². The molecule has 3 rings (SSSR count). The lowest BCUT2D eigenvalue weighted by Gasteiger charge is -2.43. The Morgan fingerprint density at radius 2 is 1.92 bits per heavy atom. The zero-order valence-corrected chi connectivity index (χ0v) is 16.4. The number of carbonyl (C=O) groups is 1. The summed E-state index contributed by atoms with van der Waals surface area (Å²) in [7, 11) is 1.89. The third kappa shape index (κ3) is 4.15. The van der Waals surface area contributed by atoms with Gasteiger partial charge in [-0.2, -0.15) is 5.10 Å². The van der Waals surface area contributed by atoms with Crippen LogP contribution >= 0.6 is 0 Å². The van der Waals surface area contributed by atoms with Crippen molar-refractivity contribution in [3.8, 4) is 0 Å². The van der Waals surface area contributed by atoms with E-state index in [1.165, 1.54) is 0 Å². The lowest BCUT2D eigenvalue weighted by Crippen LogP contribution is -2.51. The number of ether oxygens (including phenoxy) is 1. The summed E-state index contributed by atoms with van der Waals surface area (Å²) in [5.74, 6) is 0.139. The number of hydrogen-bond donors (Lipinski definition) is 0. The summed E-state index contributed by atoms with van der Waals surface area (Å²) < 4.78 is 8.15. The molecule has 0 N–H and O–H groups in total. The van der Waals surface area contributed by atoms with Gasteiger partial charge in [0.15, 0.2) is 0 Å². The predicted octanol–water partition coefficient (Wildman–Crippen LogP) is 3.29. The Morgan fingerprint density at radius 3 is 2.50 bits per heavy atom. The first-order valence-electron chi connectivity index (χ1n) is 9.21. The fourth-order valence-corrected chi connectivity index (χ4v) is 3.39. The maximum absolute atomic E-state index is 13.0. The first-order chi connectivity index (χ1) is 12.2. The van der Waals surface area contributed by atoms with E-state index < -0.39 is 0 Å². The normalized spacial score (nSPS) is 21.0. The van der Waals surface area contributed by atoms with E-state index in [2.05, 4.69) is 38.0 Å². The fraction of sp³-hybridized carbons (Fsp3) is 0.524. The third-order valence-corrected chi connectivity index (χ3v) is 5.05. The van der Waals surface area contributed by atoms with Crippen molar-refractivity contribution in [2.24, 2.45) is 12.5 Å². The Hall–Kier alpha value is -2.14. The monoisotopic (exact) mass is 355 g/mol. The van der Waals surface area contributed by atoms with Gasteiger partial charge in [0.1, 0.15) is 6.10 Å². The van der Waals surface area contributed by atoms with Gasteiger partial charge in [-0.15, -0.1) is 0 Å². The van der Waals surface area contributed by atoms with Crippen LogP contribution in [0.15, 0.2) is 36.5 Å². The fourth-order valence-electron chi connectivity index (χ4n) is 3.39. The number of rotatable bonds is 3. The molecule has 0 aliphatic carbocycles. The molecule has 1 amide bonds. The second-order valence-electron chi connectivity index (χ2n) is 8.28. The standard InChI is InChI=1S/C21H29N3O2/c1-15-17(12-23(5)22-15)11-20(25)24-13-18(16-9-7-6-8-10-16)26-19(14-24)21(2,3)4/h6-10,12,18-19H,11,13-14H2,1-5H3/t18-,19+/m0/s1. The zero-order chi connectivity index (χ0) is 18.9. The molecule has 26 heavy (non-hydrogen) atoms. The first-order valence-corrected chi connectivity index (χ1v) is 9.21. The summed E-state index contributed by atoms with van der Waals surface area (Å²) in [6, 6.07) is 10.2. The lowest BCUT2D eigenvalue weighted by molar-refractivity contribution is -0.156. The number of aromatic nitrogens is 2. The van der Waals surface area contributed by atoms with Gasteiger partial charge in [0.25, 0.3) is 0 Å². The molecule has 1 aromatic carbocycles. The summed E-state index contributed by atoms with van der Waals surface area (Å²) in [6.45, 7) is 9.67. The molecule has 1 aromatic heterocycles. The van der Waals surface area contributed by atoms with Gasteiger partial charge in [-0.05, 0) is 17.9 Å². The molecule has 2 aromatic rings. The highest BCUT2D eigenvalue weighted by Crippen LogP contribution is 2.33. The summed E-state index contributed by atoms with van der Waals surface area (Å²) >= 11 is 0. The number of amides is 1. The van der Waals surface area contributed by atoms with Crippen molar-refractivity contribution in [1.29, 1.82) is 0 Å². The Bertz CT molecular complexity index is 761.